The molecule has 0 aromatic heterocycles. The van der Waals surface area contributed by atoms with Crippen LogP contribution in [0.15, 0.2) is 35.7 Å². The highest BCUT2D eigenvalue weighted by Gasteiger charge is 2.25. The van der Waals surface area contributed by atoms with Gasteiger partial charge in [-0.05, 0) is 36.5 Å². The van der Waals surface area contributed by atoms with Crippen LogP contribution in [-0.2, 0) is 20.3 Å². The Morgan fingerprint density at radius 1 is 1.39 bits per heavy atom. The highest BCUT2D eigenvalue weighted by Crippen LogP contribution is 2.21. The third-order valence-corrected chi connectivity index (χ3v) is 5.12. The fourth-order valence-corrected chi connectivity index (χ4v) is 3.73. The van der Waals surface area contributed by atoms with E-state index in [1.165, 1.54) is 36.8 Å². The minimum atomic E-state index is -3.38. The van der Waals surface area contributed by atoms with Gasteiger partial charge in [0.05, 0.1) is 12.9 Å². The number of allylic oxidation sites excluding steroid dienone is 1. The molecule has 5 nitrogen and oxygen atoms in total. The first-order valence-electron chi connectivity index (χ1n) is 7.36. The second kappa shape index (κ2) is 7.59. The van der Waals surface area contributed by atoms with Crippen LogP contribution in [0, 0.1) is 11.7 Å². The number of likely N-dealkylation sites (tertiary alicyclic amines) is 1. The SMILES string of the molecule is COC(=O)N1CC[C@H](C/C=C\S(=O)(=O)Cc2ccc(F)cc2)C1. The van der Waals surface area contributed by atoms with Crippen molar-refractivity contribution in [2.45, 2.75) is 18.6 Å². The molecule has 23 heavy (non-hydrogen) atoms. The highest BCUT2D eigenvalue weighted by molar-refractivity contribution is 7.93. The van der Waals surface area contributed by atoms with Crippen molar-refractivity contribution in [3.05, 3.63) is 47.1 Å². The molecule has 1 aliphatic heterocycles. The molecule has 1 fully saturated rings. The zero-order valence-electron chi connectivity index (χ0n) is 12.9. The average molecular weight is 341 g/mol. The molecule has 1 aromatic carbocycles. The summed E-state index contributed by atoms with van der Waals surface area (Å²) < 4.78 is 41.5. The summed E-state index contributed by atoms with van der Waals surface area (Å²) in [6.07, 6.45) is 2.71. The van der Waals surface area contributed by atoms with Crippen LogP contribution in [0.2, 0.25) is 0 Å². The first-order valence-corrected chi connectivity index (χ1v) is 9.08. The Balaban J connectivity index is 1.85. The van der Waals surface area contributed by atoms with Gasteiger partial charge in [0, 0.05) is 18.5 Å². The van der Waals surface area contributed by atoms with Crippen LogP contribution < -0.4 is 0 Å². The van der Waals surface area contributed by atoms with E-state index in [4.69, 9.17) is 0 Å². The molecule has 2 rings (SSSR count). The van der Waals surface area contributed by atoms with E-state index in [-0.39, 0.29) is 17.8 Å². The Labute approximate surface area is 135 Å². The maximum atomic E-state index is 12.8. The van der Waals surface area contributed by atoms with Crippen molar-refractivity contribution < 1.29 is 22.3 Å². The molecular formula is C16H20FNO4S. The Kier molecular flexibility index (Phi) is 5.76. The van der Waals surface area contributed by atoms with Gasteiger partial charge in [0.1, 0.15) is 5.82 Å². The number of hydrogen-bond acceptors (Lipinski definition) is 4. The van der Waals surface area contributed by atoms with Gasteiger partial charge in [-0.2, -0.15) is 0 Å². The summed E-state index contributed by atoms with van der Waals surface area (Å²) in [7, 11) is -2.04. The summed E-state index contributed by atoms with van der Waals surface area (Å²) in [4.78, 5) is 13.0. The number of rotatable bonds is 5. The van der Waals surface area contributed by atoms with E-state index >= 15 is 0 Å². The number of methoxy groups -OCH3 is 1. The summed E-state index contributed by atoms with van der Waals surface area (Å²) in [5.74, 6) is -0.299. The number of ether oxygens (including phenoxy) is 1. The zero-order valence-corrected chi connectivity index (χ0v) is 13.8. The van der Waals surface area contributed by atoms with Gasteiger partial charge in [-0.1, -0.05) is 18.2 Å². The minimum absolute atomic E-state index is 0.150. The molecule has 0 N–H and O–H groups in total. The summed E-state index contributed by atoms with van der Waals surface area (Å²) in [5, 5.41) is 1.21. The van der Waals surface area contributed by atoms with Crippen LogP contribution in [-0.4, -0.2) is 39.6 Å². The van der Waals surface area contributed by atoms with Crippen LogP contribution >= 0.6 is 0 Å². The average Bonchev–Trinajstić information content (AvgIpc) is 2.97. The van der Waals surface area contributed by atoms with Crippen LogP contribution in [0.25, 0.3) is 0 Å². The van der Waals surface area contributed by atoms with Crippen LogP contribution in [0.1, 0.15) is 18.4 Å². The molecule has 0 saturated carbocycles. The second-order valence-electron chi connectivity index (χ2n) is 5.61. The Bertz CT molecular complexity index is 670. The van der Waals surface area contributed by atoms with Crippen molar-refractivity contribution in [1.29, 1.82) is 0 Å². The van der Waals surface area contributed by atoms with E-state index in [9.17, 15) is 17.6 Å². The van der Waals surface area contributed by atoms with Crippen molar-refractivity contribution >= 4 is 15.9 Å². The predicted octanol–water partition coefficient (Wildman–Crippen LogP) is 2.73. The summed E-state index contributed by atoms with van der Waals surface area (Å²) in [6.45, 7) is 1.21. The quantitative estimate of drug-likeness (QED) is 0.826. The molecule has 0 radical (unpaired) electrons. The number of carbonyl (C=O) groups excluding carboxylic acids is 1. The third kappa shape index (κ3) is 5.35. The molecule has 1 atom stereocenters. The van der Waals surface area contributed by atoms with Crippen molar-refractivity contribution in [3.63, 3.8) is 0 Å². The molecule has 1 aromatic rings. The number of carbonyl (C=O) groups is 1. The van der Waals surface area contributed by atoms with Gasteiger partial charge in [-0.25, -0.2) is 17.6 Å². The van der Waals surface area contributed by atoms with Gasteiger partial charge >= 0.3 is 6.09 Å². The van der Waals surface area contributed by atoms with E-state index in [0.29, 0.717) is 25.1 Å². The highest BCUT2D eigenvalue weighted by atomic mass is 32.2. The maximum absolute atomic E-state index is 12.8. The van der Waals surface area contributed by atoms with Crippen LogP contribution in [0.4, 0.5) is 9.18 Å². The van der Waals surface area contributed by atoms with E-state index in [1.807, 2.05) is 0 Å². The van der Waals surface area contributed by atoms with Crippen molar-refractivity contribution in [2.75, 3.05) is 20.2 Å². The van der Waals surface area contributed by atoms with Gasteiger partial charge in [0.25, 0.3) is 0 Å². The van der Waals surface area contributed by atoms with Gasteiger partial charge in [0.2, 0.25) is 0 Å². The fraction of sp³-hybridized carbons (Fsp3) is 0.438. The van der Waals surface area contributed by atoms with Gasteiger partial charge < -0.3 is 9.64 Å². The lowest BCUT2D eigenvalue weighted by molar-refractivity contribution is 0.131. The van der Waals surface area contributed by atoms with Crippen molar-refractivity contribution in [1.82, 2.24) is 4.90 Å². The lowest BCUT2D eigenvalue weighted by Gasteiger charge is -2.13. The Hall–Kier alpha value is -1.89. The van der Waals surface area contributed by atoms with Gasteiger partial charge in [0.15, 0.2) is 9.84 Å². The zero-order chi connectivity index (χ0) is 16.9. The first-order chi connectivity index (χ1) is 10.9. The van der Waals surface area contributed by atoms with Crippen molar-refractivity contribution in [2.24, 2.45) is 5.92 Å². The van der Waals surface area contributed by atoms with E-state index in [2.05, 4.69) is 4.74 Å². The van der Waals surface area contributed by atoms with Crippen molar-refractivity contribution in [3.8, 4) is 0 Å². The fourth-order valence-electron chi connectivity index (χ4n) is 2.58. The molecule has 1 heterocycles. The van der Waals surface area contributed by atoms with E-state index in [1.54, 1.807) is 11.0 Å². The first kappa shape index (κ1) is 17.5. The normalized spacial score (nSPS) is 18.5. The monoisotopic (exact) mass is 341 g/mol. The lowest BCUT2D eigenvalue weighted by Crippen LogP contribution is -2.28. The predicted molar refractivity (Wildman–Crippen MR) is 84.9 cm³/mol. The molecule has 126 valence electrons. The molecule has 1 saturated heterocycles. The third-order valence-electron chi connectivity index (χ3n) is 3.77. The number of hydrogen-bond donors (Lipinski definition) is 0. The number of nitrogens with zero attached hydrogens (tertiary/aromatic N) is 1. The number of halogens is 1. The molecule has 0 bridgehead atoms. The van der Waals surface area contributed by atoms with Crippen LogP contribution in [0.3, 0.4) is 0 Å². The summed E-state index contributed by atoms with van der Waals surface area (Å²) in [5.41, 5.74) is 0.550. The number of amides is 1. The maximum Gasteiger partial charge on any atom is 0.409 e. The number of sulfone groups is 1. The summed E-state index contributed by atoms with van der Waals surface area (Å²) >= 11 is 0. The molecule has 0 unspecified atom stereocenters. The lowest BCUT2D eigenvalue weighted by atomic mass is 10.1. The number of benzene rings is 1. The largest absolute Gasteiger partial charge is 0.453 e. The molecule has 0 aliphatic carbocycles. The molecule has 1 amide bonds. The molecular weight excluding hydrogens is 321 g/mol. The second-order valence-corrected chi connectivity index (χ2v) is 7.50. The van der Waals surface area contributed by atoms with E-state index in [0.717, 1.165) is 6.42 Å². The molecule has 1 aliphatic rings. The van der Waals surface area contributed by atoms with Gasteiger partial charge in [-0.15, -0.1) is 0 Å². The standard InChI is InChI=1S/C16H20FNO4S/c1-22-16(19)18-9-8-13(11-18)3-2-10-23(20,21)12-14-4-6-15(17)7-5-14/h2,4-7,10,13H,3,8-9,11-12H2,1H3/b10-2-/t13-/m0/s1. The van der Waals surface area contributed by atoms with E-state index < -0.39 is 15.7 Å². The molecule has 7 heteroatoms. The smallest absolute Gasteiger partial charge is 0.409 e. The summed E-state index contributed by atoms with van der Waals surface area (Å²) in [6, 6.07) is 5.42. The topological polar surface area (TPSA) is 63.7 Å². The molecule has 0 spiro atoms. The minimum Gasteiger partial charge on any atom is -0.453 e. The van der Waals surface area contributed by atoms with Gasteiger partial charge in [-0.3, -0.25) is 0 Å². The Morgan fingerprint density at radius 2 is 2.09 bits per heavy atom. The Morgan fingerprint density at radius 3 is 2.74 bits per heavy atom. The van der Waals surface area contributed by atoms with Crippen LogP contribution in [0.5, 0.6) is 0 Å².